The van der Waals surface area contributed by atoms with Crippen molar-refractivity contribution < 1.29 is 4.79 Å². The first-order chi connectivity index (χ1) is 7.69. The molecule has 84 valence electrons. The summed E-state index contributed by atoms with van der Waals surface area (Å²) < 4.78 is 0. The van der Waals surface area contributed by atoms with Gasteiger partial charge in [0.2, 0.25) is 5.91 Å². The molecule has 0 spiro atoms. The van der Waals surface area contributed by atoms with Gasteiger partial charge in [0.1, 0.15) is 0 Å². The first kappa shape index (κ1) is 12.6. The first-order valence-corrected chi connectivity index (χ1v) is 6.19. The molecule has 0 aliphatic heterocycles. The largest absolute Gasteiger partial charge is 0.315 e. The van der Waals surface area contributed by atoms with Crippen LogP contribution >= 0.6 is 11.8 Å². The summed E-state index contributed by atoms with van der Waals surface area (Å²) in [4.78, 5) is 14.4. The van der Waals surface area contributed by atoms with Crippen LogP contribution in [-0.2, 0) is 4.79 Å². The third kappa shape index (κ3) is 3.28. The summed E-state index contributed by atoms with van der Waals surface area (Å²) in [6.07, 6.45) is 2.56. The van der Waals surface area contributed by atoms with Crippen LogP contribution in [-0.4, -0.2) is 19.2 Å². The number of hydrogen-bond donors (Lipinski definition) is 0. The third-order valence-corrected chi connectivity index (χ3v) is 3.03. The van der Waals surface area contributed by atoms with Crippen LogP contribution in [0.25, 0.3) is 0 Å². The van der Waals surface area contributed by atoms with Crippen LogP contribution in [0.3, 0.4) is 0 Å². The number of thioether (sulfide) groups is 1. The van der Waals surface area contributed by atoms with Crippen molar-refractivity contribution in [3.05, 3.63) is 24.3 Å². The lowest BCUT2D eigenvalue weighted by Crippen LogP contribution is -2.25. The van der Waals surface area contributed by atoms with E-state index in [1.54, 1.807) is 23.7 Å². The summed E-state index contributed by atoms with van der Waals surface area (Å²) in [5.41, 5.74) is 0.862. The third-order valence-electron chi connectivity index (χ3n) is 2.28. The molecule has 16 heavy (non-hydrogen) atoms. The van der Waals surface area contributed by atoms with Crippen molar-refractivity contribution in [1.82, 2.24) is 0 Å². The summed E-state index contributed by atoms with van der Waals surface area (Å²) in [5.74, 6) is -0.0292. The molecular formula is C12H14N2OS. The lowest BCUT2D eigenvalue weighted by atomic mass is 10.2. The molecule has 0 bridgehead atoms. The molecule has 1 amide bonds. The molecule has 0 saturated carbocycles. The second kappa shape index (κ2) is 6.19. The number of amides is 1. The molecule has 1 aromatic rings. The Morgan fingerprint density at radius 2 is 2.06 bits per heavy atom. The van der Waals surface area contributed by atoms with E-state index < -0.39 is 0 Å². The van der Waals surface area contributed by atoms with E-state index in [1.807, 2.05) is 36.6 Å². The predicted octanol–water partition coefficient (Wildman–Crippen LogP) is 2.68. The van der Waals surface area contributed by atoms with Gasteiger partial charge >= 0.3 is 0 Å². The zero-order chi connectivity index (χ0) is 12.0. The van der Waals surface area contributed by atoms with Crippen molar-refractivity contribution in [2.75, 3.05) is 18.2 Å². The van der Waals surface area contributed by atoms with E-state index in [2.05, 4.69) is 0 Å². The normalized spacial score (nSPS) is 9.56. The van der Waals surface area contributed by atoms with Crippen molar-refractivity contribution in [3.8, 4) is 6.07 Å². The molecule has 0 fully saturated rings. The van der Waals surface area contributed by atoms with E-state index >= 15 is 0 Å². The Hall–Kier alpha value is -1.47. The quantitative estimate of drug-likeness (QED) is 0.752. The topological polar surface area (TPSA) is 44.1 Å². The first-order valence-electron chi connectivity index (χ1n) is 4.96. The van der Waals surface area contributed by atoms with Crippen LogP contribution < -0.4 is 4.90 Å². The van der Waals surface area contributed by atoms with Crippen LogP contribution in [0.5, 0.6) is 0 Å². The minimum absolute atomic E-state index is 0.0292. The van der Waals surface area contributed by atoms with Gasteiger partial charge in [-0.05, 0) is 30.5 Å². The molecule has 0 atom stereocenters. The van der Waals surface area contributed by atoms with Crippen LogP contribution in [0.2, 0.25) is 0 Å². The number of hydrogen-bond acceptors (Lipinski definition) is 3. The number of benzene rings is 1. The number of anilines is 1. The second-order valence-electron chi connectivity index (χ2n) is 3.31. The Bertz CT molecular complexity index is 394. The van der Waals surface area contributed by atoms with E-state index in [0.29, 0.717) is 0 Å². The molecule has 3 nitrogen and oxygen atoms in total. The van der Waals surface area contributed by atoms with Gasteiger partial charge in [0.25, 0.3) is 0 Å². The van der Waals surface area contributed by atoms with Gasteiger partial charge in [-0.1, -0.05) is 0 Å². The Kier molecular flexibility index (Phi) is 4.87. The smallest absolute Gasteiger partial charge is 0.227 e. The van der Waals surface area contributed by atoms with Gasteiger partial charge in [-0.15, -0.1) is 11.8 Å². The fraction of sp³-hybridized carbons (Fsp3) is 0.333. The molecule has 0 aromatic heterocycles. The van der Waals surface area contributed by atoms with Gasteiger partial charge in [0.15, 0.2) is 0 Å². The molecule has 4 heteroatoms. The summed E-state index contributed by atoms with van der Waals surface area (Å²) >= 11 is 1.66. The van der Waals surface area contributed by atoms with Gasteiger partial charge in [-0.3, -0.25) is 4.79 Å². The van der Waals surface area contributed by atoms with Crippen LogP contribution in [0, 0.1) is 11.3 Å². The van der Waals surface area contributed by atoms with E-state index in [0.717, 1.165) is 5.69 Å². The van der Waals surface area contributed by atoms with Gasteiger partial charge in [-0.25, -0.2) is 0 Å². The summed E-state index contributed by atoms with van der Waals surface area (Å²) in [7, 11) is 1.73. The summed E-state index contributed by atoms with van der Waals surface area (Å²) in [6.45, 7) is 0. The highest BCUT2D eigenvalue weighted by Crippen LogP contribution is 2.20. The molecule has 1 rings (SSSR count). The number of carbonyl (C=O) groups is 1. The van der Waals surface area contributed by atoms with E-state index in [1.165, 1.54) is 4.90 Å². The van der Waals surface area contributed by atoms with Crippen molar-refractivity contribution in [2.45, 2.75) is 17.7 Å². The summed E-state index contributed by atoms with van der Waals surface area (Å²) in [6, 6.07) is 9.76. The molecular weight excluding hydrogens is 220 g/mol. The molecule has 0 unspecified atom stereocenters. The van der Waals surface area contributed by atoms with Crippen LogP contribution in [0.1, 0.15) is 12.8 Å². The average molecular weight is 234 g/mol. The van der Waals surface area contributed by atoms with Crippen LogP contribution in [0.4, 0.5) is 5.69 Å². The standard InChI is InChI=1S/C12H14N2OS/c1-14(12(15)4-3-9-13)10-5-7-11(16-2)8-6-10/h5-8H,3-4H2,1-2H3. The number of nitriles is 1. The van der Waals surface area contributed by atoms with E-state index in [9.17, 15) is 4.79 Å². The van der Waals surface area contributed by atoms with Crippen molar-refractivity contribution in [1.29, 1.82) is 5.26 Å². The maximum atomic E-state index is 11.6. The molecule has 0 aliphatic rings. The number of carbonyl (C=O) groups excluding carboxylic acids is 1. The molecule has 0 saturated heterocycles. The Labute approximate surface area is 100 Å². The van der Waals surface area contributed by atoms with Gasteiger partial charge < -0.3 is 4.90 Å². The van der Waals surface area contributed by atoms with Gasteiger partial charge in [-0.2, -0.15) is 5.26 Å². The SMILES string of the molecule is CSc1ccc(N(C)C(=O)CCC#N)cc1. The highest BCUT2D eigenvalue weighted by Gasteiger charge is 2.09. The Morgan fingerprint density at radius 3 is 2.56 bits per heavy atom. The molecule has 0 aliphatic carbocycles. The van der Waals surface area contributed by atoms with Crippen molar-refractivity contribution in [3.63, 3.8) is 0 Å². The lowest BCUT2D eigenvalue weighted by molar-refractivity contribution is -0.118. The highest BCUT2D eigenvalue weighted by atomic mass is 32.2. The summed E-state index contributed by atoms with van der Waals surface area (Å²) in [5, 5.41) is 8.41. The van der Waals surface area contributed by atoms with E-state index in [-0.39, 0.29) is 18.7 Å². The van der Waals surface area contributed by atoms with Crippen molar-refractivity contribution >= 4 is 23.4 Å². The monoisotopic (exact) mass is 234 g/mol. The maximum Gasteiger partial charge on any atom is 0.227 e. The molecule has 0 N–H and O–H groups in total. The predicted molar refractivity (Wildman–Crippen MR) is 66.5 cm³/mol. The molecule has 0 heterocycles. The zero-order valence-electron chi connectivity index (χ0n) is 9.43. The lowest BCUT2D eigenvalue weighted by Gasteiger charge is -2.16. The minimum atomic E-state index is -0.0292. The van der Waals surface area contributed by atoms with Gasteiger partial charge in [0.05, 0.1) is 6.07 Å². The van der Waals surface area contributed by atoms with Gasteiger partial charge in [0, 0.05) is 30.5 Å². The van der Waals surface area contributed by atoms with Crippen LogP contribution in [0.15, 0.2) is 29.2 Å². The van der Waals surface area contributed by atoms with E-state index in [4.69, 9.17) is 5.26 Å². The average Bonchev–Trinajstić information content (AvgIpc) is 2.35. The maximum absolute atomic E-state index is 11.6. The fourth-order valence-electron chi connectivity index (χ4n) is 1.28. The minimum Gasteiger partial charge on any atom is -0.315 e. The Morgan fingerprint density at radius 1 is 1.44 bits per heavy atom. The molecule has 1 aromatic carbocycles. The Balaban J connectivity index is 2.69. The number of nitrogens with zero attached hydrogens (tertiary/aromatic N) is 2. The second-order valence-corrected chi connectivity index (χ2v) is 4.19. The molecule has 0 radical (unpaired) electrons. The zero-order valence-corrected chi connectivity index (χ0v) is 10.3. The van der Waals surface area contributed by atoms with Crippen molar-refractivity contribution in [2.24, 2.45) is 0 Å². The number of rotatable bonds is 4. The fourth-order valence-corrected chi connectivity index (χ4v) is 1.69. The highest BCUT2D eigenvalue weighted by molar-refractivity contribution is 7.98.